The van der Waals surface area contributed by atoms with Crippen molar-refractivity contribution in [3.8, 4) is 0 Å². The summed E-state index contributed by atoms with van der Waals surface area (Å²) < 4.78 is 0. The van der Waals surface area contributed by atoms with E-state index < -0.39 is 0 Å². The molecule has 0 aromatic carbocycles. The second kappa shape index (κ2) is 6.48. The Hall–Kier alpha value is -1.10. The van der Waals surface area contributed by atoms with Crippen LogP contribution in [0.3, 0.4) is 0 Å². The van der Waals surface area contributed by atoms with Gasteiger partial charge in [-0.2, -0.15) is 0 Å². The zero-order chi connectivity index (χ0) is 12.0. The first-order chi connectivity index (χ1) is 7.67. The van der Waals surface area contributed by atoms with Crippen molar-refractivity contribution >= 4 is 22.5 Å². The smallest absolute Gasteiger partial charge is 0.321 e. The maximum Gasteiger partial charge on any atom is 0.321 e. The minimum absolute atomic E-state index is 0.162. The van der Waals surface area contributed by atoms with Gasteiger partial charge in [-0.3, -0.25) is 5.32 Å². The number of aryl methyl sites for hydroxylation is 2. The van der Waals surface area contributed by atoms with Crippen LogP contribution in [0.5, 0.6) is 0 Å². The number of hydrogen-bond acceptors (Lipinski definition) is 3. The van der Waals surface area contributed by atoms with E-state index in [1.165, 1.54) is 16.2 Å². The van der Waals surface area contributed by atoms with Crippen molar-refractivity contribution in [2.75, 3.05) is 11.9 Å². The average Bonchev–Trinajstić information content (AvgIpc) is 2.59. The summed E-state index contributed by atoms with van der Waals surface area (Å²) in [5, 5.41) is 6.23. The van der Waals surface area contributed by atoms with Gasteiger partial charge in [0.1, 0.15) is 0 Å². The molecule has 0 radical (unpaired) electrons. The molecule has 0 aliphatic rings. The molecule has 0 aliphatic heterocycles. The maximum absolute atomic E-state index is 11.4. The molecule has 0 saturated carbocycles. The number of aromatic nitrogens is 1. The molecule has 1 heterocycles. The number of rotatable bonds is 5. The van der Waals surface area contributed by atoms with E-state index in [0.29, 0.717) is 11.7 Å². The molecule has 5 heteroatoms. The normalized spacial score (nSPS) is 10.2. The number of amides is 2. The minimum atomic E-state index is -0.162. The topological polar surface area (TPSA) is 54.0 Å². The molecule has 0 atom stereocenters. The fourth-order valence-electron chi connectivity index (χ4n) is 1.33. The van der Waals surface area contributed by atoms with E-state index in [4.69, 9.17) is 0 Å². The summed E-state index contributed by atoms with van der Waals surface area (Å²) in [6.45, 7) is 6.90. The van der Waals surface area contributed by atoms with Gasteiger partial charge < -0.3 is 5.32 Å². The number of anilines is 1. The van der Waals surface area contributed by atoms with Crippen molar-refractivity contribution in [1.82, 2.24) is 10.3 Å². The van der Waals surface area contributed by atoms with Crippen LogP contribution in [-0.4, -0.2) is 17.6 Å². The zero-order valence-electron chi connectivity index (χ0n) is 10.1. The summed E-state index contributed by atoms with van der Waals surface area (Å²) >= 11 is 1.52. The molecule has 90 valence electrons. The molecule has 0 fully saturated rings. The largest absolute Gasteiger partial charge is 0.338 e. The van der Waals surface area contributed by atoms with E-state index in [0.717, 1.165) is 25.0 Å². The van der Waals surface area contributed by atoms with E-state index in [-0.39, 0.29) is 6.03 Å². The van der Waals surface area contributed by atoms with Crippen LogP contribution < -0.4 is 10.6 Å². The van der Waals surface area contributed by atoms with Gasteiger partial charge in [0, 0.05) is 11.4 Å². The lowest BCUT2D eigenvalue weighted by atomic mass is 10.3. The van der Waals surface area contributed by atoms with Crippen LogP contribution in [0.25, 0.3) is 0 Å². The standard InChI is InChI=1S/C11H19N3OS/c1-4-6-7-12-10(15)14-11-13-9(5-2)8(3)16-11/h4-7H2,1-3H3,(H2,12,13,14,15). The van der Waals surface area contributed by atoms with Crippen molar-refractivity contribution in [2.45, 2.75) is 40.0 Å². The van der Waals surface area contributed by atoms with E-state index in [2.05, 4.69) is 29.5 Å². The third-order valence-corrected chi connectivity index (χ3v) is 3.19. The molecule has 1 aromatic rings. The molecular formula is C11H19N3OS. The maximum atomic E-state index is 11.4. The van der Waals surface area contributed by atoms with Crippen molar-refractivity contribution in [2.24, 2.45) is 0 Å². The first kappa shape index (κ1) is 13.0. The van der Waals surface area contributed by atoms with E-state index >= 15 is 0 Å². The van der Waals surface area contributed by atoms with Gasteiger partial charge in [-0.1, -0.05) is 20.3 Å². The molecule has 0 aliphatic carbocycles. The molecular weight excluding hydrogens is 222 g/mol. The predicted octanol–water partition coefficient (Wildman–Crippen LogP) is 2.94. The van der Waals surface area contributed by atoms with Crippen LogP contribution in [0.4, 0.5) is 9.93 Å². The molecule has 0 bridgehead atoms. The average molecular weight is 241 g/mol. The van der Waals surface area contributed by atoms with Crippen molar-refractivity contribution in [3.05, 3.63) is 10.6 Å². The molecule has 0 saturated heterocycles. The van der Waals surface area contributed by atoms with E-state index in [9.17, 15) is 4.79 Å². The molecule has 16 heavy (non-hydrogen) atoms. The number of carbonyl (C=O) groups excluding carboxylic acids is 1. The van der Waals surface area contributed by atoms with Crippen LogP contribution in [0.15, 0.2) is 0 Å². The Morgan fingerprint density at radius 3 is 2.75 bits per heavy atom. The second-order valence-electron chi connectivity index (χ2n) is 3.61. The van der Waals surface area contributed by atoms with Crippen molar-refractivity contribution in [3.63, 3.8) is 0 Å². The Labute approximate surface area is 100 Å². The molecule has 1 rings (SSSR count). The molecule has 2 N–H and O–H groups in total. The fourth-order valence-corrected chi connectivity index (χ4v) is 2.23. The van der Waals surface area contributed by atoms with Crippen LogP contribution >= 0.6 is 11.3 Å². The van der Waals surface area contributed by atoms with Crippen molar-refractivity contribution in [1.29, 1.82) is 0 Å². The van der Waals surface area contributed by atoms with Gasteiger partial charge in [0.25, 0.3) is 0 Å². The lowest BCUT2D eigenvalue weighted by Crippen LogP contribution is -2.29. The molecule has 0 spiro atoms. The first-order valence-corrected chi connectivity index (χ1v) is 6.50. The quantitative estimate of drug-likeness (QED) is 0.779. The Morgan fingerprint density at radius 2 is 2.19 bits per heavy atom. The third kappa shape index (κ3) is 3.81. The number of nitrogens with one attached hydrogen (secondary N) is 2. The van der Waals surface area contributed by atoms with E-state index in [1.54, 1.807) is 0 Å². The highest BCUT2D eigenvalue weighted by Gasteiger charge is 2.08. The van der Waals surface area contributed by atoms with Crippen LogP contribution in [0.2, 0.25) is 0 Å². The third-order valence-electron chi connectivity index (χ3n) is 2.26. The predicted molar refractivity (Wildman–Crippen MR) is 68.2 cm³/mol. The fraction of sp³-hybridized carbons (Fsp3) is 0.636. The number of urea groups is 1. The van der Waals surface area contributed by atoms with Crippen LogP contribution in [0, 0.1) is 6.92 Å². The summed E-state index contributed by atoms with van der Waals surface area (Å²) in [5.41, 5.74) is 1.06. The Kier molecular flexibility index (Phi) is 5.25. The summed E-state index contributed by atoms with van der Waals surface area (Å²) in [6.07, 6.45) is 2.99. The molecule has 4 nitrogen and oxygen atoms in total. The second-order valence-corrected chi connectivity index (χ2v) is 4.81. The first-order valence-electron chi connectivity index (χ1n) is 5.68. The van der Waals surface area contributed by atoms with Gasteiger partial charge in [-0.25, -0.2) is 9.78 Å². The zero-order valence-corrected chi connectivity index (χ0v) is 10.9. The van der Waals surface area contributed by atoms with Crippen molar-refractivity contribution < 1.29 is 4.79 Å². The highest BCUT2D eigenvalue weighted by Crippen LogP contribution is 2.21. The lowest BCUT2D eigenvalue weighted by Gasteiger charge is -2.03. The molecule has 1 aromatic heterocycles. The Morgan fingerprint density at radius 1 is 1.44 bits per heavy atom. The number of carbonyl (C=O) groups is 1. The van der Waals surface area contributed by atoms with Gasteiger partial charge in [0.15, 0.2) is 5.13 Å². The monoisotopic (exact) mass is 241 g/mol. The summed E-state index contributed by atoms with van der Waals surface area (Å²) in [4.78, 5) is 17.0. The summed E-state index contributed by atoms with van der Waals surface area (Å²) in [7, 11) is 0. The van der Waals surface area contributed by atoms with Gasteiger partial charge in [0.2, 0.25) is 0 Å². The lowest BCUT2D eigenvalue weighted by molar-refractivity contribution is 0.252. The Balaban J connectivity index is 2.43. The number of thiazole rings is 1. The Bertz CT molecular complexity index is 349. The van der Waals surface area contributed by atoms with Crippen LogP contribution in [-0.2, 0) is 6.42 Å². The molecule has 2 amide bonds. The molecule has 0 unspecified atom stereocenters. The number of unbranched alkanes of at least 4 members (excludes halogenated alkanes) is 1. The summed E-state index contributed by atoms with van der Waals surface area (Å²) in [6, 6.07) is -0.162. The highest BCUT2D eigenvalue weighted by atomic mass is 32.1. The van der Waals surface area contributed by atoms with Crippen LogP contribution in [0.1, 0.15) is 37.3 Å². The van der Waals surface area contributed by atoms with Gasteiger partial charge >= 0.3 is 6.03 Å². The number of hydrogen-bond donors (Lipinski definition) is 2. The number of nitrogens with zero attached hydrogens (tertiary/aromatic N) is 1. The van der Waals surface area contributed by atoms with Gasteiger partial charge in [0.05, 0.1) is 5.69 Å². The van der Waals surface area contributed by atoms with Gasteiger partial charge in [-0.05, 0) is 19.8 Å². The van der Waals surface area contributed by atoms with Gasteiger partial charge in [-0.15, -0.1) is 11.3 Å². The van der Waals surface area contributed by atoms with E-state index in [1.807, 2.05) is 6.92 Å². The summed E-state index contributed by atoms with van der Waals surface area (Å²) in [5.74, 6) is 0. The highest BCUT2D eigenvalue weighted by molar-refractivity contribution is 7.15. The minimum Gasteiger partial charge on any atom is -0.338 e. The SMILES string of the molecule is CCCCNC(=O)Nc1nc(CC)c(C)s1.